The molecule has 0 saturated heterocycles. The number of nitrogens with zero attached hydrogens (tertiary/aromatic N) is 1. The van der Waals surface area contributed by atoms with E-state index >= 15 is 0 Å². The van der Waals surface area contributed by atoms with Crippen LogP contribution in [-0.2, 0) is 19.1 Å². The number of carbonyl (C=O) groups is 3. The van der Waals surface area contributed by atoms with Gasteiger partial charge in [-0.15, -0.1) is 0 Å². The van der Waals surface area contributed by atoms with E-state index in [0.29, 0.717) is 5.69 Å². The minimum atomic E-state index is -2.92. The van der Waals surface area contributed by atoms with Gasteiger partial charge in [0.1, 0.15) is 11.3 Å². The molecule has 5 rings (SSSR count). The van der Waals surface area contributed by atoms with Gasteiger partial charge in [-0.25, -0.2) is 9.54 Å². The molecule has 0 heterocycles. The second-order valence-electron chi connectivity index (χ2n) is 8.70. The largest absolute Gasteiger partial charge is 0.465 e. The van der Waals surface area contributed by atoms with Gasteiger partial charge >= 0.3 is 5.97 Å². The summed E-state index contributed by atoms with van der Waals surface area (Å²) in [6, 6.07) is 37.9. The minimum absolute atomic E-state index is 0.0198. The van der Waals surface area contributed by atoms with E-state index in [-0.39, 0.29) is 11.4 Å². The molecule has 0 unspecified atom stereocenters. The smallest absolute Gasteiger partial charge is 0.344 e. The molecule has 0 bridgehead atoms. The molecule has 1 N–H and O–H groups in total. The molecule has 1 aliphatic carbocycles. The number of benzene rings is 4. The zero-order valence-corrected chi connectivity index (χ0v) is 22.0. The van der Waals surface area contributed by atoms with E-state index in [1.807, 2.05) is 97.1 Å². The molecule has 4 aromatic carbocycles. The first-order valence-electron chi connectivity index (χ1n) is 12.3. The fourth-order valence-electron chi connectivity index (χ4n) is 4.49. The molecule has 0 aromatic heterocycles. The summed E-state index contributed by atoms with van der Waals surface area (Å²) < 4.78 is 10.1. The third kappa shape index (κ3) is 5.02. The number of methoxy groups -OCH3 is 1. The Kier molecular flexibility index (Phi) is 7.48. The van der Waals surface area contributed by atoms with Gasteiger partial charge in [-0.3, -0.25) is 9.59 Å². The van der Waals surface area contributed by atoms with Crippen LogP contribution in [-0.4, -0.2) is 24.6 Å². The lowest BCUT2D eigenvalue weighted by Gasteiger charge is -2.28. The first kappa shape index (κ1) is 25.8. The number of para-hydroxylation sites is 1. The predicted molar refractivity (Wildman–Crippen MR) is 155 cm³/mol. The van der Waals surface area contributed by atoms with Crippen LogP contribution in [0.1, 0.15) is 0 Å². The Bertz CT molecular complexity index is 1540. The highest BCUT2D eigenvalue weighted by Gasteiger charge is 2.37. The number of ether oxygens (including phenoxy) is 1. The second-order valence-corrected chi connectivity index (χ2v) is 11.7. The highest BCUT2D eigenvalue weighted by atomic mass is 31.2. The van der Waals surface area contributed by atoms with Gasteiger partial charge in [0, 0.05) is 27.7 Å². The standard InChI is InChI=1S/C32H25N2O4P/c1-38-32(37)29-30(28(35)22-27(31(29)36)33-23-14-6-2-7-15-23)34-39(24-16-8-3-9-17-24,25-18-10-4-11-19-25)26-20-12-5-13-21-26/h2-22,33H,1H3. The summed E-state index contributed by atoms with van der Waals surface area (Å²) in [5.74, 6) is -2.13. The Hall–Kier alpha value is -4.80. The zero-order chi connectivity index (χ0) is 27.2. The van der Waals surface area contributed by atoms with Gasteiger partial charge in [0.25, 0.3) is 0 Å². The van der Waals surface area contributed by atoms with E-state index in [1.54, 1.807) is 24.3 Å². The molecule has 192 valence electrons. The van der Waals surface area contributed by atoms with Gasteiger partial charge in [0.15, 0.2) is 0 Å². The van der Waals surface area contributed by atoms with Gasteiger partial charge in [-0.05, 0) is 12.1 Å². The van der Waals surface area contributed by atoms with Crippen LogP contribution in [0.3, 0.4) is 0 Å². The zero-order valence-electron chi connectivity index (χ0n) is 21.2. The molecule has 0 amide bonds. The topological polar surface area (TPSA) is 84.8 Å². The Morgan fingerprint density at radius 3 is 1.56 bits per heavy atom. The summed E-state index contributed by atoms with van der Waals surface area (Å²) >= 11 is 0. The highest BCUT2D eigenvalue weighted by Crippen LogP contribution is 2.48. The normalized spacial score (nSPS) is 13.5. The molecule has 39 heavy (non-hydrogen) atoms. The van der Waals surface area contributed by atoms with Gasteiger partial charge in [0.05, 0.1) is 19.9 Å². The molecule has 1 aliphatic rings. The fourth-order valence-corrected chi connectivity index (χ4v) is 8.04. The van der Waals surface area contributed by atoms with E-state index in [2.05, 4.69) is 5.32 Å². The van der Waals surface area contributed by atoms with E-state index in [0.717, 1.165) is 15.9 Å². The van der Waals surface area contributed by atoms with Crippen molar-refractivity contribution in [3.05, 3.63) is 144 Å². The molecule has 0 aliphatic heterocycles. The average molecular weight is 533 g/mol. The lowest BCUT2D eigenvalue weighted by Crippen LogP contribution is -2.30. The number of ketones is 2. The molecular formula is C32H25N2O4P. The summed E-state index contributed by atoms with van der Waals surface area (Å²) in [6.07, 6.45) is 1.20. The molecule has 0 radical (unpaired) electrons. The number of Topliss-reactive ketones (excluding diaryl/α,β-unsaturated/α-hetero) is 1. The third-order valence-electron chi connectivity index (χ3n) is 6.30. The van der Waals surface area contributed by atoms with Gasteiger partial charge in [-0.2, -0.15) is 0 Å². The molecule has 7 heteroatoms. The van der Waals surface area contributed by atoms with Crippen molar-refractivity contribution in [2.24, 2.45) is 4.74 Å². The molecule has 6 nitrogen and oxygen atoms in total. The quantitative estimate of drug-likeness (QED) is 0.161. The first-order chi connectivity index (χ1) is 19.0. The van der Waals surface area contributed by atoms with E-state index in [9.17, 15) is 14.4 Å². The Morgan fingerprint density at radius 2 is 1.13 bits per heavy atom. The summed E-state index contributed by atoms with van der Waals surface area (Å²) in [5.41, 5.74) is -0.0196. The summed E-state index contributed by atoms with van der Waals surface area (Å²) in [5, 5.41) is 5.58. The first-order valence-corrected chi connectivity index (χ1v) is 14.0. The van der Waals surface area contributed by atoms with E-state index in [4.69, 9.17) is 9.48 Å². The fraction of sp³-hybridized carbons (Fsp3) is 0.0312. The lowest BCUT2D eigenvalue weighted by molar-refractivity contribution is -0.138. The molecular weight excluding hydrogens is 507 g/mol. The van der Waals surface area contributed by atoms with Crippen molar-refractivity contribution in [1.29, 1.82) is 0 Å². The van der Waals surface area contributed by atoms with Crippen LogP contribution in [0, 0.1) is 0 Å². The Labute approximate surface area is 226 Å². The van der Waals surface area contributed by atoms with Gasteiger partial charge in [0.2, 0.25) is 11.6 Å². The molecule has 4 aromatic rings. The average Bonchev–Trinajstić information content (AvgIpc) is 2.99. The molecule has 0 spiro atoms. The highest BCUT2D eigenvalue weighted by molar-refractivity contribution is 7.87. The van der Waals surface area contributed by atoms with Crippen LogP contribution in [0.25, 0.3) is 0 Å². The van der Waals surface area contributed by atoms with Crippen molar-refractivity contribution in [2.75, 3.05) is 12.4 Å². The van der Waals surface area contributed by atoms with Crippen LogP contribution < -0.4 is 21.2 Å². The van der Waals surface area contributed by atoms with Gasteiger partial charge < -0.3 is 10.1 Å². The maximum Gasteiger partial charge on any atom is 0.344 e. The number of anilines is 1. The summed E-state index contributed by atoms with van der Waals surface area (Å²) in [7, 11) is -1.74. The van der Waals surface area contributed by atoms with Crippen molar-refractivity contribution in [3.8, 4) is 0 Å². The maximum atomic E-state index is 13.7. The monoisotopic (exact) mass is 532 g/mol. The number of allylic oxidation sites excluding steroid dienone is 2. The minimum Gasteiger partial charge on any atom is -0.465 e. The maximum absolute atomic E-state index is 13.7. The summed E-state index contributed by atoms with van der Waals surface area (Å²) in [4.78, 5) is 40.5. The van der Waals surface area contributed by atoms with E-state index < -0.39 is 30.2 Å². The predicted octanol–water partition coefficient (Wildman–Crippen LogP) is 4.74. The number of nitrogens with one attached hydrogen (secondary N) is 1. The van der Waals surface area contributed by atoms with Crippen molar-refractivity contribution < 1.29 is 19.1 Å². The van der Waals surface area contributed by atoms with Crippen molar-refractivity contribution in [2.45, 2.75) is 0 Å². The van der Waals surface area contributed by atoms with Crippen LogP contribution >= 0.6 is 7.05 Å². The molecule has 0 atom stereocenters. The second kappa shape index (κ2) is 11.3. The Morgan fingerprint density at radius 1 is 0.692 bits per heavy atom. The summed E-state index contributed by atoms with van der Waals surface area (Å²) in [6.45, 7) is 0. The van der Waals surface area contributed by atoms with Crippen LogP contribution in [0.5, 0.6) is 0 Å². The number of carbonyl (C=O) groups excluding carboxylic acids is 3. The number of hydrogen-bond donors (Lipinski definition) is 1. The van der Waals surface area contributed by atoms with E-state index in [1.165, 1.54) is 13.2 Å². The molecule has 0 saturated carbocycles. The van der Waals surface area contributed by atoms with Crippen LogP contribution in [0.4, 0.5) is 5.69 Å². The number of esters is 1. The third-order valence-corrected chi connectivity index (χ3v) is 9.94. The van der Waals surface area contributed by atoms with Gasteiger partial charge in [-0.1, -0.05) is 109 Å². The molecule has 0 fully saturated rings. The van der Waals surface area contributed by atoms with Crippen LogP contribution in [0.2, 0.25) is 0 Å². The van der Waals surface area contributed by atoms with Crippen molar-refractivity contribution in [1.82, 2.24) is 0 Å². The SMILES string of the molecule is COC(=O)C1=C(N=P(c2ccccc2)(c2ccccc2)c2ccccc2)C(=O)C=C(Nc2ccccc2)C1=O. The lowest BCUT2D eigenvalue weighted by atomic mass is 9.97. The Balaban J connectivity index is 1.82. The number of rotatable bonds is 7. The van der Waals surface area contributed by atoms with Crippen LogP contribution in [0.15, 0.2) is 149 Å². The van der Waals surface area contributed by atoms with Crippen molar-refractivity contribution >= 4 is 46.2 Å². The van der Waals surface area contributed by atoms with Crippen molar-refractivity contribution in [3.63, 3.8) is 0 Å². The number of hydrogen-bond acceptors (Lipinski definition) is 6.